The van der Waals surface area contributed by atoms with Crippen molar-refractivity contribution in [3.05, 3.63) is 0 Å². The highest BCUT2D eigenvalue weighted by Gasteiger charge is 2.29. The number of ether oxygens (including phenoxy) is 1. The molecule has 1 saturated heterocycles. The van der Waals surface area contributed by atoms with Crippen molar-refractivity contribution in [3.63, 3.8) is 0 Å². The molecular weight excluding hydrogens is 170 g/mol. The van der Waals surface area contributed by atoms with Gasteiger partial charge in [0.05, 0.1) is 12.7 Å². The van der Waals surface area contributed by atoms with Gasteiger partial charge in [-0.25, -0.2) is 4.31 Å². The molecule has 0 radical (unpaired) electrons. The summed E-state index contributed by atoms with van der Waals surface area (Å²) >= 11 is 0. The van der Waals surface area contributed by atoms with Crippen molar-refractivity contribution in [3.8, 4) is 0 Å². The molecule has 0 saturated carbocycles. The SMILES string of the molecule is CN1CC(CO)OCS1(O)O. The van der Waals surface area contributed by atoms with Gasteiger partial charge >= 0.3 is 0 Å². The second-order valence-corrected chi connectivity index (χ2v) is 4.66. The molecule has 0 aromatic heterocycles. The number of rotatable bonds is 1. The number of nitrogens with zero attached hydrogens (tertiary/aromatic N) is 1. The van der Waals surface area contributed by atoms with E-state index in [1.807, 2.05) is 0 Å². The predicted molar refractivity (Wildman–Crippen MR) is 42.3 cm³/mol. The minimum Gasteiger partial charge on any atom is -0.394 e. The molecule has 6 heteroatoms. The van der Waals surface area contributed by atoms with Crippen LogP contribution >= 0.6 is 10.8 Å². The lowest BCUT2D eigenvalue weighted by Gasteiger charge is -2.45. The Morgan fingerprint density at radius 1 is 1.64 bits per heavy atom. The number of hydrogen-bond donors (Lipinski definition) is 3. The maximum atomic E-state index is 9.21. The average molecular weight is 183 g/mol. The van der Waals surface area contributed by atoms with Gasteiger partial charge in [-0.3, -0.25) is 9.11 Å². The molecule has 5 nitrogen and oxygen atoms in total. The molecule has 0 aromatic rings. The van der Waals surface area contributed by atoms with Gasteiger partial charge in [0.25, 0.3) is 0 Å². The van der Waals surface area contributed by atoms with Gasteiger partial charge in [-0.05, 0) is 0 Å². The van der Waals surface area contributed by atoms with E-state index in [1.54, 1.807) is 7.05 Å². The predicted octanol–water partition coefficient (Wildman–Crippen LogP) is -0.0676. The minimum atomic E-state index is -2.70. The maximum Gasteiger partial charge on any atom is 0.151 e. The van der Waals surface area contributed by atoms with E-state index in [4.69, 9.17) is 9.84 Å². The van der Waals surface area contributed by atoms with Crippen LogP contribution in [0.5, 0.6) is 0 Å². The van der Waals surface area contributed by atoms with Crippen molar-refractivity contribution < 1.29 is 18.9 Å². The summed E-state index contributed by atoms with van der Waals surface area (Å²) < 4.78 is 24.8. The van der Waals surface area contributed by atoms with Crippen LogP contribution in [0.1, 0.15) is 0 Å². The van der Waals surface area contributed by atoms with Gasteiger partial charge in [-0.2, -0.15) is 0 Å². The fraction of sp³-hybridized carbons (Fsp3) is 1.00. The van der Waals surface area contributed by atoms with E-state index in [2.05, 4.69) is 0 Å². The standard InChI is InChI=1S/C5H13NO4S/c1-6-2-5(3-7)10-4-11(6,8)9/h5,7-9H,2-4H2,1H3. The molecule has 0 aliphatic carbocycles. The lowest BCUT2D eigenvalue weighted by atomic mass is 10.4. The normalized spacial score (nSPS) is 35.1. The summed E-state index contributed by atoms with van der Waals surface area (Å²) in [4.78, 5) is 0. The molecule has 1 rings (SSSR count). The molecule has 1 heterocycles. The summed E-state index contributed by atoms with van der Waals surface area (Å²) in [6, 6.07) is 0. The van der Waals surface area contributed by atoms with Gasteiger partial charge in [0.15, 0.2) is 5.94 Å². The van der Waals surface area contributed by atoms with E-state index >= 15 is 0 Å². The van der Waals surface area contributed by atoms with Crippen molar-refractivity contribution in [1.82, 2.24) is 4.31 Å². The Bertz CT molecular complexity index is 142. The molecule has 1 atom stereocenters. The topological polar surface area (TPSA) is 73.2 Å². The van der Waals surface area contributed by atoms with Crippen LogP contribution in [0.4, 0.5) is 0 Å². The third-order valence-corrected chi connectivity index (χ3v) is 3.23. The fourth-order valence-electron chi connectivity index (χ4n) is 0.847. The van der Waals surface area contributed by atoms with E-state index in [0.717, 1.165) is 0 Å². The first-order valence-electron chi connectivity index (χ1n) is 3.26. The van der Waals surface area contributed by atoms with Gasteiger partial charge in [-0.15, -0.1) is 10.8 Å². The lowest BCUT2D eigenvalue weighted by Crippen LogP contribution is -2.42. The van der Waals surface area contributed by atoms with E-state index in [0.29, 0.717) is 6.54 Å². The van der Waals surface area contributed by atoms with Crippen molar-refractivity contribution >= 4 is 10.8 Å². The highest BCUT2D eigenvalue weighted by Crippen LogP contribution is 2.44. The molecule has 1 fully saturated rings. The second-order valence-electron chi connectivity index (χ2n) is 2.53. The molecule has 1 aliphatic heterocycles. The molecule has 3 N–H and O–H groups in total. The molecule has 0 spiro atoms. The summed E-state index contributed by atoms with van der Waals surface area (Å²) in [5, 5.41) is 8.67. The highest BCUT2D eigenvalue weighted by atomic mass is 32.3. The number of likely N-dealkylation sites (N-methyl/N-ethyl adjacent to an activating group) is 1. The zero-order valence-corrected chi connectivity index (χ0v) is 7.12. The Balaban J connectivity index is 2.48. The second kappa shape index (κ2) is 3.26. The monoisotopic (exact) mass is 183 g/mol. The van der Waals surface area contributed by atoms with Crippen molar-refractivity contribution in [1.29, 1.82) is 0 Å². The first kappa shape index (κ1) is 9.24. The van der Waals surface area contributed by atoms with Gasteiger partial charge in [-0.1, -0.05) is 0 Å². The van der Waals surface area contributed by atoms with Crippen LogP contribution < -0.4 is 0 Å². The summed E-state index contributed by atoms with van der Waals surface area (Å²) in [5.74, 6) is -0.102. The van der Waals surface area contributed by atoms with Gasteiger partial charge < -0.3 is 9.84 Å². The van der Waals surface area contributed by atoms with Crippen LogP contribution in [0.25, 0.3) is 0 Å². The van der Waals surface area contributed by atoms with Gasteiger partial charge in [0.1, 0.15) is 0 Å². The fourth-order valence-corrected chi connectivity index (χ4v) is 1.81. The zero-order valence-electron chi connectivity index (χ0n) is 6.30. The Labute approximate surface area is 67.1 Å². The zero-order chi connectivity index (χ0) is 8.48. The first-order chi connectivity index (χ1) is 5.06. The maximum absolute atomic E-state index is 9.21. The summed E-state index contributed by atoms with van der Waals surface area (Å²) in [6.07, 6.45) is -0.292. The van der Waals surface area contributed by atoms with Crippen molar-refractivity contribution in [2.45, 2.75) is 6.10 Å². The summed E-state index contributed by atoms with van der Waals surface area (Å²) in [7, 11) is -1.11. The Hall–Kier alpha value is 0.150. The van der Waals surface area contributed by atoms with E-state index in [-0.39, 0.29) is 18.6 Å². The number of aliphatic hydroxyl groups excluding tert-OH is 1. The van der Waals surface area contributed by atoms with Crippen LogP contribution in [-0.4, -0.2) is 50.8 Å². The molecule has 0 aromatic carbocycles. The first-order valence-corrected chi connectivity index (χ1v) is 4.93. The molecular formula is C5H13NO4S. The quantitative estimate of drug-likeness (QED) is 0.531. The molecule has 1 aliphatic rings. The van der Waals surface area contributed by atoms with Gasteiger partial charge in [0, 0.05) is 13.6 Å². The van der Waals surface area contributed by atoms with Crippen molar-refractivity contribution in [2.24, 2.45) is 0 Å². The molecule has 0 amide bonds. The van der Waals surface area contributed by atoms with Crippen LogP contribution in [0.15, 0.2) is 0 Å². The third kappa shape index (κ3) is 2.05. The molecule has 11 heavy (non-hydrogen) atoms. The lowest BCUT2D eigenvalue weighted by molar-refractivity contribution is 0.00600. The van der Waals surface area contributed by atoms with E-state index in [9.17, 15) is 9.11 Å². The molecule has 0 bridgehead atoms. The number of aliphatic hydroxyl groups is 1. The largest absolute Gasteiger partial charge is 0.394 e. The number of hydrogen-bond acceptors (Lipinski definition) is 5. The third-order valence-electron chi connectivity index (χ3n) is 1.63. The summed E-state index contributed by atoms with van der Waals surface area (Å²) in [5.41, 5.74) is 0. The molecule has 1 unspecified atom stereocenters. The van der Waals surface area contributed by atoms with E-state index in [1.165, 1.54) is 4.31 Å². The molecule has 68 valence electrons. The Morgan fingerprint density at radius 2 is 2.27 bits per heavy atom. The smallest absolute Gasteiger partial charge is 0.151 e. The van der Waals surface area contributed by atoms with E-state index < -0.39 is 10.8 Å². The van der Waals surface area contributed by atoms with Crippen LogP contribution in [0, 0.1) is 0 Å². The Morgan fingerprint density at radius 3 is 2.73 bits per heavy atom. The minimum absolute atomic E-state index is 0.0835. The average Bonchev–Trinajstić information content (AvgIpc) is 1.95. The van der Waals surface area contributed by atoms with Crippen molar-refractivity contribution in [2.75, 3.05) is 26.1 Å². The Kier molecular flexibility index (Phi) is 2.74. The van der Waals surface area contributed by atoms with Crippen LogP contribution in [0.2, 0.25) is 0 Å². The highest BCUT2D eigenvalue weighted by molar-refractivity contribution is 8.22. The van der Waals surface area contributed by atoms with Gasteiger partial charge in [0.2, 0.25) is 0 Å². The van der Waals surface area contributed by atoms with Crippen LogP contribution in [-0.2, 0) is 4.74 Å². The van der Waals surface area contributed by atoms with Crippen LogP contribution in [0.3, 0.4) is 0 Å². The summed E-state index contributed by atoms with van der Waals surface area (Å²) in [6.45, 7) is 0.276.